The summed E-state index contributed by atoms with van der Waals surface area (Å²) in [5.74, 6) is 0.456. The molecule has 3 nitrogen and oxygen atoms in total. The molecule has 0 saturated heterocycles. The van der Waals surface area contributed by atoms with Gasteiger partial charge in [0.25, 0.3) is 0 Å². The van der Waals surface area contributed by atoms with Crippen LogP contribution in [0.15, 0.2) is 12.2 Å². The lowest BCUT2D eigenvalue weighted by molar-refractivity contribution is -0.134. The largest absolute Gasteiger partial charge is 0.466 e. The minimum Gasteiger partial charge on any atom is -0.466 e. The molecule has 1 rings (SSSR count). The standard InChI is InChI=1S/C11H16O3/c1-14-11(13)7-3-5-9-4-2-6-10(12)8-9/h3,7,9H,2,4-6,8H2,1H3/b7-3+. The fourth-order valence-corrected chi connectivity index (χ4v) is 1.74. The second kappa shape index (κ2) is 5.58. The summed E-state index contributed by atoms with van der Waals surface area (Å²) >= 11 is 0. The molecule has 1 saturated carbocycles. The van der Waals surface area contributed by atoms with Crippen molar-refractivity contribution in [3.63, 3.8) is 0 Å². The molecule has 1 atom stereocenters. The van der Waals surface area contributed by atoms with Crippen LogP contribution in [0.2, 0.25) is 0 Å². The van der Waals surface area contributed by atoms with Crippen molar-refractivity contribution in [2.24, 2.45) is 5.92 Å². The van der Waals surface area contributed by atoms with Crippen molar-refractivity contribution in [3.05, 3.63) is 12.2 Å². The number of rotatable bonds is 3. The summed E-state index contributed by atoms with van der Waals surface area (Å²) in [7, 11) is 1.36. The minimum absolute atomic E-state index is 0.327. The zero-order valence-electron chi connectivity index (χ0n) is 8.49. The first kappa shape index (κ1) is 11.0. The second-order valence-corrected chi connectivity index (χ2v) is 3.66. The Morgan fingerprint density at radius 2 is 2.43 bits per heavy atom. The van der Waals surface area contributed by atoms with E-state index in [-0.39, 0.29) is 5.97 Å². The Bertz CT molecular complexity index is 243. The molecule has 0 bridgehead atoms. The highest BCUT2D eigenvalue weighted by atomic mass is 16.5. The van der Waals surface area contributed by atoms with E-state index in [4.69, 9.17) is 0 Å². The molecule has 0 aromatic heterocycles. The number of ketones is 1. The van der Waals surface area contributed by atoms with Crippen molar-refractivity contribution in [1.82, 2.24) is 0 Å². The van der Waals surface area contributed by atoms with Crippen molar-refractivity contribution < 1.29 is 14.3 Å². The fourth-order valence-electron chi connectivity index (χ4n) is 1.74. The zero-order chi connectivity index (χ0) is 10.4. The van der Waals surface area contributed by atoms with E-state index in [1.807, 2.05) is 0 Å². The molecule has 0 aromatic carbocycles. The predicted molar refractivity (Wildman–Crippen MR) is 52.7 cm³/mol. The molecule has 0 aromatic rings. The monoisotopic (exact) mass is 196 g/mol. The molecule has 0 radical (unpaired) electrons. The number of Topliss-reactive ketones (excluding diaryl/α,β-unsaturated/α-hetero) is 1. The van der Waals surface area contributed by atoms with Gasteiger partial charge in [0, 0.05) is 18.9 Å². The molecule has 0 N–H and O–H groups in total. The second-order valence-electron chi connectivity index (χ2n) is 3.66. The Kier molecular flexibility index (Phi) is 4.36. The molecule has 78 valence electrons. The quantitative estimate of drug-likeness (QED) is 0.511. The Morgan fingerprint density at radius 3 is 3.07 bits per heavy atom. The van der Waals surface area contributed by atoms with Crippen LogP contribution in [0.3, 0.4) is 0 Å². The smallest absolute Gasteiger partial charge is 0.330 e. The minimum atomic E-state index is -0.327. The van der Waals surface area contributed by atoms with Crippen LogP contribution in [-0.2, 0) is 14.3 Å². The summed E-state index contributed by atoms with van der Waals surface area (Å²) in [6, 6.07) is 0. The highest BCUT2D eigenvalue weighted by Gasteiger charge is 2.17. The van der Waals surface area contributed by atoms with Crippen LogP contribution in [0.4, 0.5) is 0 Å². The first-order chi connectivity index (χ1) is 6.72. The number of methoxy groups -OCH3 is 1. The van der Waals surface area contributed by atoms with E-state index in [0.717, 1.165) is 25.7 Å². The van der Waals surface area contributed by atoms with Gasteiger partial charge in [-0.1, -0.05) is 6.08 Å². The topological polar surface area (TPSA) is 43.4 Å². The van der Waals surface area contributed by atoms with Crippen LogP contribution in [0.25, 0.3) is 0 Å². The summed E-state index contributed by atoms with van der Waals surface area (Å²) in [4.78, 5) is 21.9. The number of carbonyl (C=O) groups is 2. The van der Waals surface area contributed by atoms with Gasteiger partial charge in [0.2, 0.25) is 0 Å². The van der Waals surface area contributed by atoms with Crippen molar-refractivity contribution in [3.8, 4) is 0 Å². The predicted octanol–water partition coefficient (Wildman–Crippen LogP) is 1.86. The van der Waals surface area contributed by atoms with Crippen LogP contribution >= 0.6 is 0 Å². The van der Waals surface area contributed by atoms with Gasteiger partial charge in [0.1, 0.15) is 5.78 Å². The van der Waals surface area contributed by atoms with Gasteiger partial charge in [0.15, 0.2) is 0 Å². The van der Waals surface area contributed by atoms with E-state index < -0.39 is 0 Å². The van der Waals surface area contributed by atoms with Crippen molar-refractivity contribution in [2.45, 2.75) is 32.1 Å². The highest BCUT2D eigenvalue weighted by molar-refractivity contribution is 5.81. The lowest BCUT2D eigenvalue weighted by Crippen LogP contribution is -2.14. The average molecular weight is 196 g/mol. The Hall–Kier alpha value is -1.12. The fraction of sp³-hybridized carbons (Fsp3) is 0.636. The van der Waals surface area contributed by atoms with Crippen LogP contribution in [0.1, 0.15) is 32.1 Å². The summed E-state index contributed by atoms with van der Waals surface area (Å²) in [5.41, 5.74) is 0. The lowest BCUT2D eigenvalue weighted by atomic mass is 9.86. The van der Waals surface area contributed by atoms with E-state index in [1.54, 1.807) is 6.08 Å². The summed E-state index contributed by atoms with van der Waals surface area (Å²) in [6.07, 6.45) is 7.53. The summed E-state index contributed by atoms with van der Waals surface area (Å²) in [6.45, 7) is 0. The first-order valence-corrected chi connectivity index (χ1v) is 4.98. The number of carbonyl (C=O) groups excluding carboxylic acids is 2. The SMILES string of the molecule is COC(=O)/C=C/CC1CCCC(=O)C1. The Morgan fingerprint density at radius 1 is 1.64 bits per heavy atom. The number of allylic oxidation sites excluding steroid dienone is 1. The van der Waals surface area contributed by atoms with Crippen molar-refractivity contribution in [1.29, 1.82) is 0 Å². The van der Waals surface area contributed by atoms with Crippen LogP contribution < -0.4 is 0 Å². The molecule has 0 aliphatic heterocycles. The molecule has 1 aliphatic carbocycles. The molecule has 1 aliphatic rings. The third kappa shape index (κ3) is 3.73. The van der Waals surface area contributed by atoms with Gasteiger partial charge in [-0.15, -0.1) is 0 Å². The molecule has 0 heterocycles. The van der Waals surface area contributed by atoms with Gasteiger partial charge < -0.3 is 4.74 Å². The maximum absolute atomic E-state index is 11.1. The van der Waals surface area contributed by atoms with Crippen LogP contribution in [-0.4, -0.2) is 18.9 Å². The molecule has 0 spiro atoms. The maximum atomic E-state index is 11.1. The Balaban J connectivity index is 2.26. The highest BCUT2D eigenvalue weighted by Crippen LogP contribution is 2.24. The average Bonchev–Trinajstić information content (AvgIpc) is 2.17. The lowest BCUT2D eigenvalue weighted by Gasteiger charge is -2.18. The third-order valence-corrected chi connectivity index (χ3v) is 2.51. The summed E-state index contributed by atoms with van der Waals surface area (Å²) < 4.78 is 4.47. The Labute approximate surface area is 84.1 Å². The van der Waals surface area contributed by atoms with Crippen molar-refractivity contribution >= 4 is 11.8 Å². The molecule has 3 heteroatoms. The van der Waals surface area contributed by atoms with Gasteiger partial charge in [-0.05, 0) is 25.2 Å². The zero-order valence-corrected chi connectivity index (χ0v) is 8.49. The van der Waals surface area contributed by atoms with Gasteiger partial charge in [-0.25, -0.2) is 4.79 Å². The number of hydrogen-bond donors (Lipinski definition) is 0. The molecule has 14 heavy (non-hydrogen) atoms. The van der Waals surface area contributed by atoms with E-state index in [2.05, 4.69) is 4.74 Å². The number of esters is 1. The van der Waals surface area contributed by atoms with Crippen LogP contribution in [0.5, 0.6) is 0 Å². The van der Waals surface area contributed by atoms with Gasteiger partial charge in [-0.3, -0.25) is 4.79 Å². The third-order valence-electron chi connectivity index (χ3n) is 2.51. The van der Waals surface area contributed by atoms with E-state index in [9.17, 15) is 9.59 Å². The number of ether oxygens (including phenoxy) is 1. The molecular weight excluding hydrogens is 180 g/mol. The van der Waals surface area contributed by atoms with Gasteiger partial charge in [-0.2, -0.15) is 0 Å². The van der Waals surface area contributed by atoms with E-state index in [0.29, 0.717) is 18.1 Å². The number of hydrogen-bond acceptors (Lipinski definition) is 3. The maximum Gasteiger partial charge on any atom is 0.330 e. The van der Waals surface area contributed by atoms with Gasteiger partial charge >= 0.3 is 5.97 Å². The normalized spacial score (nSPS) is 22.6. The van der Waals surface area contributed by atoms with Crippen LogP contribution in [0, 0.1) is 5.92 Å². The van der Waals surface area contributed by atoms with Crippen molar-refractivity contribution in [2.75, 3.05) is 7.11 Å². The molecule has 0 amide bonds. The summed E-state index contributed by atoms with van der Waals surface area (Å²) in [5, 5.41) is 0. The van der Waals surface area contributed by atoms with Gasteiger partial charge in [0.05, 0.1) is 7.11 Å². The molecule has 1 fully saturated rings. The first-order valence-electron chi connectivity index (χ1n) is 4.98. The molecule has 1 unspecified atom stereocenters. The van der Waals surface area contributed by atoms with E-state index in [1.165, 1.54) is 13.2 Å². The van der Waals surface area contributed by atoms with E-state index >= 15 is 0 Å². The molecular formula is C11H16O3.